The van der Waals surface area contributed by atoms with Crippen LogP contribution < -0.4 is 9.47 Å². The van der Waals surface area contributed by atoms with Crippen molar-refractivity contribution in [2.75, 3.05) is 26.9 Å². The molecule has 2 aliphatic rings. The number of piperidine rings is 1. The number of benzene rings is 3. The number of amides is 1. The molecule has 5 nitrogen and oxygen atoms in total. The van der Waals surface area contributed by atoms with Gasteiger partial charge in [0.1, 0.15) is 0 Å². The maximum absolute atomic E-state index is 13.1. The number of rotatable bonds is 7. The van der Waals surface area contributed by atoms with Gasteiger partial charge in [-0.15, -0.1) is 0 Å². The summed E-state index contributed by atoms with van der Waals surface area (Å²) in [5, 5.41) is 0. The molecular weight excluding hydrogens is 563 g/mol. The molecule has 1 fully saturated rings. The molecule has 0 aromatic heterocycles. The average molecular weight is 597 g/mol. The number of fused-ring (bicyclic) bond motifs is 1. The molecule has 0 unspecified atom stereocenters. The van der Waals surface area contributed by atoms with E-state index in [0.717, 1.165) is 48.7 Å². The lowest BCUT2D eigenvalue weighted by molar-refractivity contribution is 0.0742. The molecule has 36 heavy (non-hydrogen) atoms. The molecule has 1 saturated heterocycles. The monoisotopic (exact) mass is 596 g/mol. The van der Waals surface area contributed by atoms with Gasteiger partial charge < -0.3 is 14.4 Å². The minimum atomic E-state index is 0.0250. The van der Waals surface area contributed by atoms with Crippen LogP contribution in [0.4, 0.5) is 0 Å². The summed E-state index contributed by atoms with van der Waals surface area (Å²) < 4.78 is 12.1. The number of hydrogen-bond acceptors (Lipinski definition) is 4. The van der Waals surface area contributed by atoms with Crippen LogP contribution >= 0.6 is 22.6 Å². The maximum Gasteiger partial charge on any atom is 0.254 e. The SMILES string of the molecule is C[C@H](c1ccc(I)cc1)N(C)C(=O)c1ccc(CC2CCN(Cc3ccc4c(c3)OCO4)CC2)cc1. The van der Waals surface area contributed by atoms with Crippen LogP contribution in [0.25, 0.3) is 0 Å². The topological polar surface area (TPSA) is 42.0 Å². The molecule has 0 radical (unpaired) electrons. The summed E-state index contributed by atoms with van der Waals surface area (Å²) >= 11 is 2.30. The zero-order valence-corrected chi connectivity index (χ0v) is 23.1. The Bertz CT molecular complexity index is 1190. The summed E-state index contributed by atoms with van der Waals surface area (Å²) in [6.45, 7) is 5.57. The molecule has 0 N–H and O–H groups in total. The quantitative estimate of drug-likeness (QED) is 0.300. The fourth-order valence-corrected chi connectivity index (χ4v) is 5.47. The second-order valence-corrected chi connectivity index (χ2v) is 11.2. The lowest BCUT2D eigenvalue weighted by Gasteiger charge is -2.32. The molecule has 6 heteroatoms. The highest BCUT2D eigenvalue weighted by Gasteiger charge is 2.22. The Balaban J connectivity index is 1.11. The molecular formula is C30H33IN2O3. The first kappa shape index (κ1) is 25.1. The van der Waals surface area contributed by atoms with Crippen molar-refractivity contribution >= 4 is 28.5 Å². The number of likely N-dealkylation sites (tertiary alicyclic amines) is 1. The second kappa shape index (κ2) is 11.2. The molecule has 0 aliphatic carbocycles. The van der Waals surface area contributed by atoms with E-state index in [4.69, 9.17) is 9.47 Å². The molecule has 2 aliphatic heterocycles. The van der Waals surface area contributed by atoms with Gasteiger partial charge in [-0.25, -0.2) is 0 Å². The predicted octanol–water partition coefficient (Wildman–Crippen LogP) is 6.31. The van der Waals surface area contributed by atoms with Gasteiger partial charge >= 0.3 is 0 Å². The van der Waals surface area contributed by atoms with E-state index in [1.165, 1.54) is 27.5 Å². The lowest BCUT2D eigenvalue weighted by atomic mass is 9.89. The minimum Gasteiger partial charge on any atom is -0.454 e. The molecule has 3 aromatic carbocycles. The summed E-state index contributed by atoms with van der Waals surface area (Å²) in [5.74, 6) is 2.45. The number of hydrogen-bond donors (Lipinski definition) is 0. The smallest absolute Gasteiger partial charge is 0.254 e. The number of ether oxygens (including phenoxy) is 2. The van der Waals surface area contributed by atoms with Crippen LogP contribution in [0.1, 0.15) is 52.9 Å². The largest absolute Gasteiger partial charge is 0.454 e. The lowest BCUT2D eigenvalue weighted by Crippen LogP contribution is -2.33. The molecule has 0 saturated carbocycles. The zero-order valence-electron chi connectivity index (χ0n) is 21.0. The maximum atomic E-state index is 13.1. The predicted molar refractivity (Wildman–Crippen MR) is 150 cm³/mol. The van der Waals surface area contributed by atoms with Gasteiger partial charge in [0.15, 0.2) is 11.5 Å². The molecule has 188 valence electrons. The molecule has 0 bridgehead atoms. The van der Waals surface area contributed by atoms with Crippen molar-refractivity contribution in [3.05, 3.63) is 92.6 Å². The number of carbonyl (C=O) groups excluding carboxylic acids is 1. The second-order valence-electron chi connectivity index (χ2n) is 9.95. The number of nitrogens with zero attached hydrogens (tertiary/aromatic N) is 2. The van der Waals surface area contributed by atoms with Crippen LogP contribution in [0, 0.1) is 9.49 Å². The Labute approximate surface area is 227 Å². The van der Waals surface area contributed by atoms with Gasteiger partial charge in [0.2, 0.25) is 6.79 Å². The molecule has 3 aromatic rings. The number of carbonyl (C=O) groups is 1. The van der Waals surface area contributed by atoms with Crippen LogP contribution in [0.2, 0.25) is 0 Å². The van der Waals surface area contributed by atoms with Crippen molar-refractivity contribution in [2.24, 2.45) is 5.92 Å². The fourth-order valence-electron chi connectivity index (χ4n) is 5.11. The van der Waals surface area contributed by atoms with E-state index in [2.05, 4.69) is 82.9 Å². The Morgan fingerprint density at radius 2 is 1.64 bits per heavy atom. The summed E-state index contributed by atoms with van der Waals surface area (Å²) in [5.41, 5.74) is 4.48. The van der Waals surface area contributed by atoms with Gasteiger partial charge in [-0.2, -0.15) is 0 Å². The molecule has 0 spiro atoms. The van der Waals surface area contributed by atoms with Gasteiger partial charge in [0.25, 0.3) is 5.91 Å². The van der Waals surface area contributed by atoms with Gasteiger partial charge in [0, 0.05) is 22.7 Å². The first-order valence-electron chi connectivity index (χ1n) is 12.7. The van der Waals surface area contributed by atoms with Crippen molar-refractivity contribution < 1.29 is 14.3 Å². The molecule has 1 atom stereocenters. The average Bonchev–Trinajstić information content (AvgIpc) is 3.37. The fraction of sp³-hybridized carbons (Fsp3) is 0.367. The molecule has 5 rings (SSSR count). The first-order chi connectivity index (χ1) is 17.5. The highest BCUT2D eigenvalue weighted by atomic mass is 127. The van der Waals surface area contributed by atoms with E-state index in [0.29, 0.717) is 12.7 Å². The van der Waals surface area contributed by atoms with Crippen LogP contribution in [0.15, 0.2) is 66.7 Å². The highest BCUT2D eigenvalue weighted by molar-refractivity contribution is 14.1. The van der Waals surface area contributed by atoms with Crippen LogP contribution in [0.3, 0.4) is 0 Å². The third-order valence-corrected chi connectivity index (χ3v) is 8.25. The highest BCUT2D eigenvalue weighted by Crippen LogP contribution is 2.33. The third-order valence-electron chi connectivity index (χ3n) is 7.53. The van der Waals surface area contributed by atoms with E-state index in [9.17, 15) is 4.79 Å². The standard InChI is InChI=1S/C30H33IN2O3/c1-21(25-8-10-27(31)11-9-25)32(2)30(34)26-6-3-22(4-7-26)17-23-13-15-33(16-14-23)19-24-5-12-28-29(18-24)36-20-35-28/h3-12,18,21,23H,13-17,19-20H2,1-2H3/t21-/m1/s1. The van der Waals surface area contributed by atoms with Crippen molar-refractivity contribution in [1.29, 1.82) is 0 Å². The summed E-state index contributed by atoms with van der Waals surface area (Å²) in [4.78, 5) is 17.4. The van der Waals surface area contributed by atoms with Crippen molar-refractivity contribution in [3.8, 4) is 11.5 Å². The van der Waals surface area contributed by atoms with Gasteiger partial charge in [-0.05, 0) is 121 Å². The van der Waals surface area contributed by atoms with Gasteiger partial charge in [-0.3, -0.25) is 9.69 Å². The van der Waals surface area contributed by atoms with E-state index < -0.39 is 0 Å². The molecule has 1 amide bonds. The molecule has 2 heterocycles. The Hall–Kier alpha value is -2.58. The summed E-state index contributed by atoms with van der Waals surface area (Å²) in [6, 6.07) is 22.9. The Morgan fingerprint density at radius 3 is 2.36 bits per heavy atom. The van der Waals surface area contributed by atoms with Crippen molar-refractivity contribution in [1.82, 2.24) is 9.80 Å². The third kappa shape index (κ3) is 5.86. The van der Waals surface area contributed by atoms with Crippen molar-refractivity contribution in [3.63, 3.8) is 0 Å². The van der Waals surface area contributed by atoms with Crippen molar-refractivity contribution in [2.45, 2.75) is 38.8 Å². The van der Waals surface area contributed by atoms with E-state index >= 15 is 0 Å². The minimum absolute atomic E-state index is 0.0250. The summed E-state index contributed by atoms with van der Waals surface area (Å²) in [6.07, 6.45) is 3.46. The van der Waals surface area contributed by atoms with E-state index in [-0.39, 0.29) is 11.9 Å². The summed E-state index contributed by atoms with van der Waals surface area (Å²) in [7, 11) is 1.89. The normalized spacial score (nSPS) is 16.6. The number of halogens is 1. The van der Waals surface area contributed by atoms with Crippen LogP contribution in [-0.4, -0.2) is 42.6 Å². The van der Waals surface area contributed by atoms with E-state index in [1.807, 2.05) is 30.1 Å². The van der Waals surface area contributed by atoms with E-state index in [1.54, 1.807) is 0 Å². The van der Waals surface area contributed by atoms with Gasteiger partial charge in [-0.1, -0.05) is 30.3 Å². The van der Waals surface area contributed by atoms with Gasteiger partial charge in [0.05, 0.1) is 6.04 Å². The first-order valence-corrected chi connectivity index (χ1v) is 13.8. The Kier molecular flexibility index (Phi) is 7.82. The Morgan fingerprint density at radius 1 is 0.972 bits per heavy atom. The zero-order chi connectivity index (χ0) is 25.1. The van der Waals surface area contributed by atoms with Crippen LogP contribution in [0.5, 0.6) is 11.5 Å². The van der Waals surface area contributed by atoms with Crippen LogP contribution in [-0.2, 0) is 13.0 Å².